The zero-order chi connectivity index (χ0) is 10.6. The zero-order valence-electron chi connectivity index (χ0n) is 7.84. The Hall–Kier alpha value is 0.586. The summed E-state index contributed by atoms with van der Waals surface area (Å²) in [6.45, 7) is 0. The largest absolute Gasteiger partial charge is 1.00 e. The summed E-state index contributed by atoms with van der Waals surface area (Å²) in [5.41, 5.74) is 0.295. The fraction of sp³-hybridized carbons (Fsp3) is 0. The second-order valence-corrected chi connectivity index (χ2v) is 5.20. The quantitative estimate of drug-likeness (QED) is 0.285. The molecule has 5 nitrogen and oxygen atoms in total. The molecular weight excluding hydrogens is 265 g/mol. The molecule has 76 valence electrons. The molecule has 15 heavy (non-hydrogen) atoms. The van der Waals surface area contributed by atoms with E-state index in [1.165, 1.54) is 12.1 Å². The Kier molecular flexibility index (Phi) is 7.29. The summed E-state index contributed by atoms with van der Waals surface area (Å²) in [5.74, 6) is -0.616. The molecule has 1 aromatic rings. The monoisotopic (exact) mass is 271 g/mol. The smallest absolute Gasteiger partial charge is 0.738 e. The fourth-order valence-electron chi connectivity index (χ4n) is 0.737. The first kappa shape index (κ1) is 15.6. The first-order valence-corrected chi connectivity index (χ1v) is 6.23. The standard InChI is InChI=1S/C7H7NO4S2.K/c9-7(8-13-14(10,11)12)6-4-2-1-3-5-6;/h1-5H,(H,8,9)(H,10,11,12);/q;+1/p-1. The topological polar surface area (TPSA) is 86.3 Å². The molecule has 0 aliphatic heterocycles. The predicted molar refractivity (Wildman–Crippen MR) is 51.2 cm³/mol. The van der Waals surface area contributed by atoms with Gasteiger partial charge in [0.05, 0.1) is 11.0 Å². The van der Waals surface area contributed by atoms with Crippen LogP contribution < -0.4 is 56.1 Å². The van der Waals surface area contributed by atoms with Crippen molar-refractivity contribution in [3.63, 3.8) is 0 Å². The Morgan fingerprint density at radius 1 is 1.27 bits per heavy atom. The second-order valence-electron chi connectivity index (χ2n) is 2.29. The number of carbonyl (C=O) groups excluding carboxylic acids is 1. The van der Waals surface area contributed by atoms with Gasteiger partial charge in [0.2, 0.25) is 0 Å². The number of nitrogens with one attached hydrogen (secondary N) is 1. The number of carbonyl (C=O) groups is 1. The molecule has 1 aromatic carbocycles. The maximum atomic E-state index is 11.2. The zero-order valence-corrected chi connectivity index (χ0v) is 12.6. The molecule has 1 amide bonds. The predicted octanol–water partition coefficient (Wildman–Crippen LogP) is -2.47. The number of benzene rings is 1. The van der Waals surface area contributed by atoms with Gasteiger partial charge in [0, 0.05) is 5.56 Å². The number of hydrogen-bond donors (Lipinski definition) is 1. The third-order valence-corrected chi connectivity index (χ3v) is 2.61. The van der Waals surface area contributed by atoms with Gasteiger partial charge in [0.25, 0.3) is 5.91 Å². The maximum absolute atomic E-state index is 11.2. The van der Waals surface area contributed by atoms with Crippen LogP contribution in [0.15, 0.2) is 30.3 Å². The Bertz CT molecular complexity index is 420. The van der Waals surface area contributed by atoms with E-state index in [1.54, 1.807) is 18.2 Å². The van der Waals surface area contributed by atoms with Crippen molar-refractivity contribution < 1.29 is 69.1 Å². The van der Waals surface area contributed by atoms with E-state index < -0.39 is 15.1 Å². The molecule has 0 saturated heterocycles. The Morgan fingerprint density at radius 3 is 2.27 bits per heavy atom. The van der Waals surface area contributed by atoms with Gasteiger partial charge in [0.1, 0.15) is 0 Å². The molecule has 0 radical (unpaired) electrons. The van der Waals surface area contributed by atoms with Gasteiger partial charge in [-0.15, -0.1) is 0 Å². The molecule has 0 heterocycles. The maximum Gasteiger partial charge on any atom is 1.00 e. The van der Waals surface area contributed by atoms with Gasteiger partial charge in [-0.1, -0.05) is 18.2 Å². The molecule has 1 N–H and O–H groups in total. The summed E-state index contributed by atoms with van der Waals surface area (Å²) >= 11 is 0. The van der Waals surface area contributed by atoms with Crippen LogP contribution in [0.25, 0.3) is 0 Å². The summed E-state index contributed by atoms with van der Waals surface area (Å²) in [6.07, 6.45) is 0. The van der Waals surface area contributed by atoms with Crippen LogP contribution in [0, 0.1) is 0 Å². The van der Waals surface area contributed by atoms with Crippen LogP contribution in [0.1, 0.15) is 10.4 Å². The molecule has 0 saturated carbocycles. The van der Waals surface area contributed by atoms with Gasteiger partial charge in [-0.05, 0) is 12.1 Å². The van der Waals surface area contributed by atoms with Gasteiger partial charge >= 0.3 is 51.4 Å². The summed E-state index contributed by atoms with van der Waals surface area (Å²) in [5, 5.41) is 0. The SMILES string of the molecule is O=C(NSS(=O)(=O)[O-])c1ccccc1.[K+]. The van der Waals surface area contributed by atoms with Crippen LogP contribution in [-0.2, 0) is 9.15 Å². The number of rotatable bonds is 3. The summed E-state index contributed by atoms with van der Waals surface area (Å²) in [4.78, 5) is 11.2. The first-order valence-electron chi connectivity index (χ1n) is 3.49. The van der Waals surface area contributed by atoms with Gasteiger partial charge in [-0.2, -0.15) is 0 Å². The van der Waals surface area contributed by atoms with Gasteiger partial charge < -0.3 is 4.55 Å². The second kappa shape index (κ2) is 7.02. The van der Waals surface area contributed by atoms with E-state index in [-0.39, 0.29) is 62.4 Å². The third-order valence-electron chi connectivity index (χ3n) is 1.27. The Balaban J connectivity index is 0.00000196. The molecule has 0 aliphatic rings. The van der Waals surface area contributed by atoms with Crippen molar-refractivity contribution in [2.45, 2.75) is 0 Å². The van der Waals surface area contributed by atoms with Crippen LogP contribution in [-0.4, -0.2) is 18.9 Å². The van der Waals surface area contributed by atoms with Crippen LogP contribution in [0.5, 0.6) is 0 Å². The Morgan fingerprint density at radius 2 is 1.80 bits per heavy atom. The van der Waals surface area contributed by atoms with Crippen LogP contribution >= 0.6 is 11.0 Å². The molecule has 0 bridgehead atoms. The van der Waals surface area contributed by atoms with Crippen molar-refractivity contribution in [1.29, 1.82) is 0 Å². The van der Waals surface area contributed by atoms with E-state index in [2.05, 4.69) is 0 Å². The molecule has 0 atom stereocenters. The molecule has 0 spiro atoms. The van der Waals surface area contributed by atoms with Crippen LogP contribution in [0.3, 0.4) is 0 Å². The minimum Gasteiger partial charge on any atom is -0.738 e. The molecule has 1 rings (SSSR count). The minimum atomic E-state index is -4.49. The molecule has 0 unspecified atom stereocenters. The Labute approximate surface area is 134 Å². The van der Waals surface area contributed by atoms with E-state index in [0.717, 1.165) is 0 Å². The van der Waals surface area contributed by atoms with E-state index in [1.807, 2.05) is 4.72 Å². The average molecular weight is 271 g/mol. The van der Waals surface area contributed by atoms with E-state index in [4.69, 9.17) is 0 Å². The number of hydrogen-bond acceptors (Lipinski definition) is 5. The normalized spacial score (nSPS) is 10.2. The molecule has 0 aliphatic carbocycles. The van der Waals surface area contributed by atoms with E-state index in [0.29, 0.717) is 5.56 Å². The van der Waals surface area contributed by atoms with Crippen molar-refractivity contribution in [3.8, 4) is 0 Å². The molecule has 8 heteroatoms. The fourth-order valence-corrected chi connectivity index (χ4v) is 1.57. The van der Waals surface area contributed by atoms with Crippen LogP contribution in [0.2, 0.25) is 0 Å². The minimum absolute atomic E-state index is 0. The van der Waals surface area contributed by atoms with Crippen molar-refractivity contribution in [2.24, 2.45) is 0 Å². The summed E-state index contributed by atoms with van der Waals surface area (Å²) < 4.78 is 32.4. The average Bonchev–Trinajstić information content (AvgIpc) is 2.14. The van der Waals surface area contributed by atoms with E-state index in [9.17, 15) is 17.8 Å². The van der Waals surface area contributed by atoms with Crippen molar-refractivity contribution in [3.05, 3.63) is 35.9 Å². The third kappa shape index (κ3) is 6.69. The summed E-state index contributed by atoms with van der Waals surface area (Å²) in [6, 6.07) is 7.99. The van der Waals surface area contributed by atoms with E-state index >= 15 is 0 Å². The summed E-state index contributed by atoms with van der Waals surface area (Å²) in [7, 11) is -4.64. The first-order chi connectivity index (χ1) is 6.49. The van der Waals surface area contributed by atoms with Gasteiger partial charge in [-0.3, -0.25) is 9.52 Å². The van der Waals surface area contributed by atoms with Crippen LogP contribution in [0.4, 0.5) is 0 Å². The molecular formula is C7H6KNO4S2. The van der Waals surface area contributed by atoms with Gasteiger partial charge in [-0.25, -0.2) is 8.42 Å². The van der Waals surface area contributed by atoms with Crippen molar-refractivity contribution in [1.82, 2.24) is 4.72 Å². The van der Waals surface area contributed by atoms with Crippen molar-refractivity contribution >= 4 is 26.0 Å². The molecule has 0 fully saturated rings. The molecule has 0 aromatic heterocycles. The van der Waals surface area contributed by atoms with Gasteiger partial charge in [0.15, 0.2) is 9.15 Å². The number of amides is 1. The van der Waals surface area contributed by atoms with Crippen molar-refractivity contribution in [2.75, 3.05) is 0 Å².